The summed E-state index contributed by atoms with van der Waals surface area (Å²) in [6.45, 7) is 2.29. The van der Waals surface area contributed by atoms with E-state index >= 15 is 0 Å². The Morgan fingerprint density at radius 3 is 1.60 bits per heavy atom. The van der Waals surface area contributed by atoms with Gasteiger partial charge in [-0.2, -0.15) is 0 Å². The van der Waals surface area contributed by atoms with Gasteiger partial charge < -0.3 is 0 Å². The van der Waals surface area contributed by atoms with Crippen LogP contribution in [0.5, 0.6) is 0 Å². The van der Waals surface area contributed by atoms with Crippen molar-refractivity contribution in [1.29, 1.82) is 0 Å². The van der Waals surface area contributed by atoms with Crippen molar-refractivity contribution in [3.63, 3.8) is 0 Å². The molecule has 0 saturated heterocycles. The van der Waals surface area contributed by atoms with Crippen molar-refractivity contribution in [2.24, 2.45) is 0 Å². The van der Waals surface area contributed by atoms with Crippen molar-refractivity contribution in [3.05, 3.63) is 72.3 Å². The highest BCUT2D eigenvalue weighted by molar-refractivity contribution is 5.63. The molecule has 0 saturated carbocycles. The Bertz CT molecular complexity index is 650. The van der Waals surface area contributed by atoms with Crippen LogP contribution in [-0.2, 0) is 6.42 Å². The predicted octanol–water partition coefficient (Wildman–Crippen LogP) is 9.93. The largest absolute Gasteiger partial charge is 0.0885 e. The van der Waals surface area contributed by atoms with Gasteiger partial charge in [0.15, 0.2) is 0 Å². The van der Waals surface area contributed by atoms with Crippen molar-refractivity contribution in [2.45, 2.75) is 103 Å². The molecule has 0 radical (unpaired) electrons. The van der Waals surface area contributed by atoms with Gasteiger partial charge in [0.2, 0.25) is 0 Å². The van der Waals surface area contributed by atoms with Crippen molar-refractivity contribution in [3.8, 4) is 11.1 Å². The lowest BCUT2D eigenvalue weighted by Crippen LogP contribution is -1.87. The van der Waals surface area contributed by atoms with Crippen LogP contribution < -0.4 is 0 Å². The zero-order chi connectivity index (χ0) is 21.1. The third kappa shape index (κ3) is 11.4. The summed E-state index contributed by atoms with van der Waals surface area (Å²) < 4.78 is 0. The molecule has 0 aliphatic carbocycles. The SMILES string of the molecule is CCCCCCCC/C=C\CCCCCCCCc1ccc(-c2ccccc2)cc1. The van der Waals surface area contributed by atoms with Gasteiger partial charge in [-0.3, -0.25) is 0 Å². The molecule has 0 fully saturated rings. The number of hydrogen-bond donors (Lipinski definition) is 0. The van der Waals surface area contributed by atoms with Gasteiger partial charge in [0, 0.05) is 0 Å². The van der Waals surface area contributed by atoms with Crippen LogP contribution in [0.4, 0.5) is 0 Å². The van der Waals surface area contributed by atoms with E-state index in [9.17, 15) is 0 Å². The van der Waals surface area contributed by atoms with E-state index in [4.69, 9.17) is 0 Å². The number of unbranched alkanes of at least 4 members (excludes halogenated alkanes) is 12. The molecule has 0 heteroatoms. The summed E-state index contributed by atoms with van der Waals surface area (Å²) in [5.74, 6) is 0. The van der Waals surface area contributed by atoms with E-state index in [0.29, 0.717) is 0 Å². The van der Waals surface area contributed by atoms with Crippen LogP contribution in [0, 0.1) is 0 Å². The summed E-state index contributed by atoms with van der Waals surface area (Å²) in [7, 11) is 0. The first-order chi connectivity index (χ1) is 14.9. The normalized spacial score (nSPS) is 11.4. The molecule has 0 bridgehead atoms. The first kappa shape index (κ1) is 24.4. The fraction of sp³-hybridized carbons (Fsp3) is 0.533. The van der Waals surface area contributed by atoms with Gasteiger partial charge in [-0.25, -0.2) is 0 Å². The van der Waals surface area contributed by atoms with Crippen LogP contribution in [0.3, 0.4) is 0 Å². The Morgan fingerprint density at radius 1 is 0.500 bits per heavy atom. The van der Waals surface area contributed by atoms with Gasteiger partial charge in [-0.1, -0.05) is 131 Å². The van der Waals surface area contributed by atoms with E-state index in [-0.39, 0.29) is 0 Å². The summed E-state index contributed by atoms with van der Waals surface area (Å²) in [5.41, 5.74) is 4.10. The maximum atomic E-state index is 2.42. The summed E-state index contributed by atoms with van der Waals surface area (Å²) in [6.07, 6.45) is 25.3. The van der Waals surface area contributed by atoms with Crippen LogP contribution in [0.15, 0.2) is 66.7 Å². The van der Waals surface area contributed by atoms with Crippen LogP contribution in [0.1, 0.15) is 102 Å². The molecule has 0 heterocycles. The van der Waals surface area contributed by atoms with E-state index in [1.807, 2.05) is 0 Å². The fourth-order valence-corrected chi connectivity index (χ4v) is 4.07. The second-order valence-electron chi connectivity index (χ2n) is 8.75. The van der Waals surface area contributed by atoms with E-state index in [2.05, 4.69) is 73.7 Å². The number of aryl methyl sites for hydroxylation is 1. The Hall–Kier alpha value is -1.82. The van der Waals surface area contributed by atoms with Crippen LogP contribution >= 0.6 is 0 Å². The van der Waals surface area contributed by atoms with Crippen molar-refractivity contribution < 1.29 is 0 Å². The first-order valence-corrected chi connectivity index (χ1v) is 12.7. The molecule has 0 atom stereocenters. The minimum atomic E-state index is 1.22. The average molecular weight is 405 g/mol. The topological polar surface area (TPSA) is 0 Å². The molecule has 0 unspecified atom stereocenters. The molecule has 0 nitrogen and oxygen atoms in total. The van der Waals surface area contributed by atoms with Crippen molar-refractivity contribution in [2.75, 3.05) is 0 Å². The lowest BCUT2D eigenvalue weighted by atomic mass is 10.0. The molecule has 0 aliphatic rings. The highest BCUT2D eigenvalue weighted by Gasteiger charge is 1.98. The van der Waals surface area contributed by atoms with Crippen LogP contribution in [0.2, 0.25) is 0 Å². The lowest BCUT2D eigenvalue weighted by molar-refractivity contribution is 0.595. The molecule has 0 aromatic heterocycles. The Balaban J connectivity index is 1.40. The fourth-order valence-electron chi connectivity index (χ4n) is 4.07. The average Bonchev–Trinajstić information content (AvgIpc) is 2.80. The van der Waals surface area contributed by atoms with Gasteiger partial charge in [0.05, 0.1) is 0 Å². The molecule has 30 heavy (non-hydrogen) atoms. The zero-order valence-electron chi connectivity index (χ0n) is 19.5. The molecule has 0 amide bonds. The number of hydrogen-bond acceptors (Lipinski definition) is 0. The second kappa shape index (κ2) is 16.9. The van der Waals surface area contributed by atoms with Gasteiger partial charge in [0.1, 0.15) is 0 Å². The summed E-state index contributed by atoms with van der Waals surface area (Å²) >= 11 is 0. The molecular weight excluding hydrogens is 360 g/mol. The third-order valence-electron chi connectivity index (χ3n) is 6.04. The smallest absolute Gasteiger partial charge is 0.0184 e. The highest BCUT2D eigenvalue weighted by atomic mass is 14.0. The highest BCUT2D eigenvalue weighted by Crippen LogP contribution is 2.20. The predicted molar refractivity (Wildman–Crippen MR) is 135 cm³/mol. The second-order valence-corrected chi connectivity index (χ2v) is 8.75. The quantitative estimate of drug-likeness (QED) is 0.182. The standard InChI is InChI=1S/C30H44/c1-2-3-4-5-6-7-8-9-10-11-12-13-14-15-16-18-21-28-24-26-30(27-25-28)29-22-19-17-20-23-29/h9-10,17,19-20,22-27H,2-8,11-16,18,21H2,1H3/b10-9-. The third-order valence-corrected chi connectivity index (χ3v) is 6.04. The van der Waals surface area contributed by atoms with Gasteiger partial charge in [0.25, 0.3) is 0 Å². The lowest BCUT2D eigenvalue weighted by Gasteiger charge is -2.05. The van der Waals surface area contributed by atoms with Crippen molar-refractivity contribution >= 4 is 0 Å². The number of rotatable bonds is 17. The monoisotopic (exact) mass is 404 g/mol. The molecule has 2 aromatic carbocycles. The first-order valence-electron chi connectivity index (χ1n) is 12.7. The van der Waals surface area contributed by atoms with Crippen LogP contribution in [-0.4, -0.2) is 0 Å². The van der Waals surface area contributed by atoms with Crippen molar-refractivity contribution in [1.82, 2.24) is 0 Å². The number of benzene rings is 2. The summed E-state index contributed by atoms with van der Waals surface area (Å²) in [5, 5.41) is 0. The summed E-state index contributed by atoms with van der Waals surface area (Å²) in [4.78, 5) is 0. The van der Waals surface area contributed by atoms with E-state index < -0.39 is 0 Å². The molecular formula is C30H44. The molecule has 0 aliphatic heterocycles. The molecule has 2 rings (SSSR count). The Morgan fingerprint density at radius 2 is 1.00 bits per heavy atom. The Kier molecular flexibility index (Phi) is 13.8. The maximum Gasteiger partial charge on any atom is -0.0184 e. The minimum Gasteiger partial charge on any atom is -0.0885 e. The maximum absolute atomic E-state index is 2.42. The molecule has 2 aromatic rings. The molecule has 164 valence electrons. The minimum absolute atomic E-state index is 1.22. The summed E-state index contributed by atoms with van der Waals surface area (Å²) in [6, 6.07) is 19.8. The van der Waals surface area contributed by atoms with Crippen LogP contribution in [0.25, 0.3) is 11.1 Å². The molecule has 0 spiro atoms. The molecule has 0 N–H and O–H groups in total. The van der Waals surface area contributed by atoms with Gasteiger partial charge in [-0.05, 0) is 55.2 Å². The van der Waals surface area contributed by atoms with E-state index in [1.54, 1.807) is 0 Å². The van der Waals surface area contributed by atoms with E-state index in [0.717, 1.165) is 0 Å². The Labute approximate surface area is 186 Å². The van der Waals surface area contributed by atoms with Gasteiger partial charge >= 0.3 is 0 Å². The van der Waals surface area contributed by atoms with E-state index in [1.165, 1.54) is 113 Å². The van der Waals surface area contributed by atoms with Gasteiger partial charge in [-0.15, -0.1) is 0 Å². The number of allylic oxidation sites excluding steroid dienone is 2. The zero-order valence-corrected chi connectivity index (χ0v) is 19.5.